The number of rotatable bonds is 4. The molecule has 0 aliphatic carbocycles. The Balaban J connectivity index is 1.32. The average molecular weight is 391 g/mol. The fourth-order valence-corrected chi connectivity index (χ4v) is 4.05. The first kappa shape index (κ1) is 18.0. The average Bonchev–Trinajstić information content (AvgIpc) is 3.35. The normalized spacial score (nSPS) is 17.8. The minimum Gasteiger partial charge on any atom is -0.339 e. The number of likely N-dealkylation sites (tertiary alicyclic amines) is 1. The highest BCUT2D eigenvalue weighted by atomic mass is 19.1. The molecule has 1 aliphatic heterocycles. The molecule has 7 heteroatoms. The highest BCUT2D eigenvalue weighted by Crippen LogP contribution is 2.28. The summed E-state index contributed by atoms with van der Waals surface area (Å²) in [6, 6.07) is 14.4. The van der Waals surface area contributed by atoms with Crippen molar-refractivity contribution in [3.05, 3.63) is 66.1 Å². The van der Waals surface area contributed by atoms with Crippen molar-refractivity contribution in [3.8, 4) is 11.4 Å². The topological polar surface area (TPSA) is 60.0 Å². The van der Waals surface area contributed by atoms with Crippen LogP contribution in [0.25, 0.3) is 22.4 Å². The van der Waals surface area contributed by atoms with E-state index < -0.39 is 0 Å². The van der Waals surface area contributed by atoms with Crippen molar-refractivity contribution >= 4 is 11.0 Å². The number of benzene rings is 2. The molecule has 1 unspecified atom stereocenters. The molecule has 0 bridgehead atoms. The zero-order chi connectivity index (χ0) is 19.8. The summed E-state index contributed by atoms with van der Waals surface area (Å²) in [7, 11) is 2.07. The molecule has 3 heterocycles. The van der Waals surface area contributed by atoms with Crippen molar-refractivity contribution in [2.45, 2.75) is 25.3 Å². The first-order valence-corrected chi connectivity index (χ1v) is 9.89. The number of piperidine rings is 1. The molecule has 0 radical (unpaired) electrons. The standard InChI is InChI=1S/C22H22FN5O/c1-27-19-7-3-2-6-18(19)24-20(27)14-28-12-4-5-16(13-28)22-25-21(26-29-22)15-8-10-17(23)11-9-15/h2-3,6-11,16H,4-5,12-14H2,1H3. The summed E-state index contributed by atoms with van der Waals surface area (Å²) in [6.07, 6.45) is 2.09. The summed E-state index contributed by atoms with van der Waals surface area (Å²) in [6.45, 7) is 2.67. The quantitative estimate of drug-likeness (QED) is 0.523. The minimum absolute atomic E-state index is 0.195. The van der Waals surface area contributed by atoms with Gasteiger partial charge in [0.15, 0.2) is 0 Å². The van der Waals surface area contributed by atoms with Crippen LogP contribution in [0.1, 0.15) is 30.5 Å². The van der Waals surface area contributed by atoms with E-state index in [2.05, 4.69) is 32.7 Å². The second-order valence-corrected chi connectivity index (χ2v) is 7.61. The van der Waals surface area contributed by atoms with Gasteiger partial charge in [-0.15, -0.1) is 0 Å². The summed E-state index contributed by atoms with van der Waals surface area (Å²) >= 11 is 0. The molecule has 5 rings (SSSR count). The SMILES string of the molecule is Cn1c(CN2CCCC(c3nc(-c4ccc(F)cc4)no3)C2)nc2ccccc21. The Morgan fingerprint density at radius 1 is 1.10 bits per heavy atom. The summed E-state index contributed by atoms with van der Waals surface area (Å²) < 4.78 is 20.9. The van der Waals surface area contributed by atoms with Gasteiger partial charge in [-0.25, -0.2) is 9.37 Å². The molecule has 0 amide bonds. The maximum Gasteiger partial charge on any atom is 0.231 e. The number of fused-ring (bicyclic) bond motifs is 1. The molecule has 0 spiro atoms. The van der Waals surface area contributed by atoms with E-state index in [1.807, 2.05) is 18.2 Å². The molecule has 2 aromatic carbocycles. The second-order valence-electron chi connectivity index (χ2n) is 7.61. The molecule has 1 fully saturated rings. The Morgan fingerprint density at radius 3 is 2.76 bits per heavy atom. The predicted molar refractivity (Wildman–Crippen MR) is 108 cm³/mol. The minimum atomic E-state index is -0.276. The number of para-hydroxylation sites is 2. The molecule has 0 N–H and O–H groups in total. The summed E-state index contributed by atoms with van der Waals surface area (Å²) in [5, 5.41) is 4.10. The van der Waals surface area contributed by atoms with Crippen molar-refractivity contribution in [2.24, 2.45) is 7.05 Å². The number of aryl methyl sites for hydroxylation is 1. The van der Waals surface area contributed by atoms with Crippen LogP contribution >= 0.6 is 0 Å². The maximum atomic E-state index is 13.1. The molecular weight excluding hydrogens is 369 g/mol. The van der Waals surface area contributed by atoms with E-state index in [-0.39, 0.29) is 11.7 Å². The monoisotopic (exact) mass is 391 g/mol. The number of hydrogen-bond donors (Lipinski definition) is 0. The molecule has 1 aliphatic rings. The van der Waals surface area contributed by atoms with Crippen LogP contribution in [0.4, 0.5) is 4.39 Å². The number of nitrogens with zero attached hydrogens (tertiary/aromatic N) is 5. The second kappa shape index (κ2) is 7.40. The predicted octanol–water partition coefficient (Wildman–Crippen LogP) is 4.14. The molecule has 1 atom stereocenters. The van der Waals surface area contributed by atoms with Gasteiger partial charge in [0.05, 0.1) is 23.5 Å². The number of aromatic nitrogens is 4. The van der Waals surface area contributed by atoms with Crippen LogP contribution in [0.15, 0.2) is 53.1 Å². The van der Waals surface area contributed by atoms with Crippen LogP contribution in [0.3, 0.4) is 0 Å². The van der Waals surface area contributed by atoms with Gasteiger partial charge in [0.2, 0.25) is 11.7 Å². The van der Waals surface area contributed by atoms with E-state index in [4.69, 9.17) is 9.51 Å². The fraction of sp³-hybridized carbons (Fsp3) is 0.318. The lowest BCUT2D eigenvalue weighted by molar-refractivity contribution is 0.175. The first-order valence-electron chi connectivity index (χ1n) is 9.89. The van der Waals surface area contributed by atoms with Crippen molar-refractivity contribution in [1.29, 1.82) is 0 Å². The van der Waals surface area contributed by atoms with Gasteiger partial charge in [0.25, 0.3) is 0 Å². The van der Waals surface area contributed by atoms with Crippen LogP contribution in [-0.2, 0) is 13.6 Å². The van der Waals surface area contributed by atoms with Gasteiger partial charge >= 0.3 is 0 Å². The maximum absolute atomic E-state index is 13.1. The number of hydrogen-bond acceptors (Lipinski definition) is 5. The Bertz CT molecular complexity index is 1130. The van der Waals surface area contributed by atoms with Gasteiger partial charge in [-0.2, -0.15) is 4.98 Å². The van der Waals surface area contributed by atoms with Crippen molar-refractivity contribution in [3.63, 3.8) is 0 Å². The lowest BCUT2D eigenvalue weighted by Crippen LogP contribution is -2.34. The van der Waals surface area contributed by atoms with Crippen LogP contribution in [0.5, 0.6) is 0 Å². The third-order valence-electron chi connectivity index (χ3n) is 5.64. The highest BCUT2D eigenvalue weighted by molar-refractivity contribution is 5.75. The Kier molecular flexibility index (Phi) is 4.60. The van der Waals surface area contributed by atoms with Gasteiger partial charge in [-0.1, -0.05) is 17.3 Å². The van der Waals surface area contributed by atoms with E-state index in [1.165, 1.54) is 12.1 Å². The fourth-order valence-electron chi connectivity index (χ4n) is 4.05. The Morgan fingerprint density at radius 2 is 1.93 bits per heavy atom. The Hall–Kier alpha value is -3.06. The van der Waals surface area contributed by atoms with Gasteiger partial charge in [0.1, 0.15) is 11.6 Å². The van der Waals surface area contributed by atoms with Crippen molar-refractivity contribution in [1.82, 2.24) is 24.6 Å². The lowest BCUT2D eigenvalue weighted by atomic mass is 9.98. The third kappa shape index (κ3) is 3.53. The van der Waals surface area contributed by atoms with Gasteiger partial charge in [0, 0.05) is 19.2 Å². The van der Waals surface area contributed by atoms with Crippen molar-refractivity contribution < 1.29 is 8.91 Å². The summed E-state index contributed by atoms with van der Waals surface area (Å²) in [5.41, 5.74) is 2.94. The summed E-state index contributed by atoms with van der Waals surface area (Å²) in [5.74, 6) is 2.14. The van der Waals surface area contributed by atoms with Gasteiger partial charge in [-0.05, 0) is 55.8 Å². The van der Waals surface area contributed by atoms with E-state index in [0.717, 1.165) is 54.9 Å². The van der Waals surface area contributed by atoms with Gasteiger partial charge in [-0.3, -0.25) is 4.90 Å². The zero-order valence-corrected chi connectivity index (χ0v) is 16.3. The molecule has 1 saturated heterocycles. The van der Waals surface area contributed by atoms with E-state index in [1.54, 1.807) is 12.1 Å². The molecule has 2 aromatic heterocycles. The Labute approximate surface area is 168 Å². The van der Waals surface area contributed by atoms with Crippen LogP contribution < -0.4 is 0 Å². The number of halogens is 1. The highest BCUT2D eigenvalue weighted by Gasteiger charge is 2.27. The molecule has 6 nitrogen and oxygen atoms in total. The van der Waals surface area contributed by atoms with Crippen LogP contribution in [0, 0.1) is 5.82 Å². The number of imidazole rings is 1. The van der Waals surface area contributed by atoms with E-state index in [9.17, 15) is 4.39 Å². The zero-order valence-electron chi connectivity index (χ0n) is 16.3. The van der Waals surface area contributed by atoms with E-state index in [0.29, 0.717) is 11.7 Å². The van der Waals surface area contributed by atoms with Gasteiger partial charge < -0.3 is 9.09 Å². The van der Waals surface area contributed by atoms with Crippen LogP contribution in [0.2, 0.25) is 0 Å². The molecule has 4 aromatic rings. The van der Waals surface area contributed by atoms with E-state index >= 15 is 0 Å². The smallest absolute Gasteiger partial charge is 0.231 e. The lowest BCUT2D eigenvalue weighted by Gasteiger charge is -2.30. The molecule has 0 saturated carbocycles. The molecule has 29 heavy (non-hydrogen) atoms. The molecule has 148 valence electrons. The van der Waals surface area contributed by atoms with Crippen LogP contribution in [-0.4, -0.2) is 37.7 Å². The summed E-state index contributed by atoms with van der Waals surface area (Å²) in [4.78, 5) is 11.8. The molecular formula is C22H22FN5O. The van der Waals surface area contributed by atoms with Crippen molar-refractivity contribution in [2.75, 3.05) is 13.1 Å². The third-order valence-corrected chi connectivity index (χ3v) is 5.64. The largest absolute Gasteiger partial charge is 0.339 e. The first-order chi connectivity index (χ1) is 14.2.